The molecular weight excluding hydrogens is 299 g/mol. The van der Waals surface area contributed by atoms with Gasteiger partial charge in [0.05, 0.1) is 0 Å². The van der Waals surface area contributed by atoms with Crippen LogP contribution in [0.15, 0.2) is 0 Å². The summed E-state index contributed by atoms with van der Waals surface area (Å²) in [6, 6.07) is 0. The Morgan fingerprint density at radius 3 is 1.86 bits per heavy atom. The predicted octanol–water partition coefficient (Wildman–Crippen LogP) is 1.35. The smallest absolute Gasteiger partial charge is 0.241 e. The summed E-state index contributed by atoms with van der Waals surface area (Å²) < 4.78 is 70.2. The average Bonchev–Trinajstić information content (AvgIpc) is 3.27. The normalized spacial score (nSPS) is 17.4. The third kappa shape index (κ3) is 2.53. The Balaban J connectivity index is 2.30. The zero-order chi connectivity index (χ0) is 15.9. The number of hydrogen-bond donors (Lipinski definition) is 2. The molecule has 0 aromatic heterocycles. The van der Waals surface area contributed by atoms with E-state index in [1.165, 1.54) is 0 Å². The molecule has 1 atom stereocenters. The molecule has 1 aliphatic carbocycles. The molecule has 116 valence electrons. The standard InChI is InChI=1S/C12H11F5N2O2/c13-5-6(14)8(16)10(9(17)7(5)15)21-3-12(19,11(18)20)4-1-2-4/h4H,1-3,19H2,(H2,18,20). The van der Waals surface area contributed by atoms with Crippen LogP contribution in [0.2, 0.25) is 0 Å². The molecule has 1 amide bonds. The molecule has 0 saturated heterocycles. The van der Waals surface area contributed by atoms with Gasteiger partial charge in [0.1, 0.15) is 12.1 Å². The minimum atomic E-state index is -2.30. The number of amides is 1. The van der Waals surface area contributed by atoms with E-state index >= 15 is 0 Å². The van der Waals surface area contributed by atoms with Crippen LogP contribution < -0.4 is 16.2 Å². The maximum absolute atomic E-state index is 13.4. The third-order valence-corrected chi connectivity index (χ3v) is 3.39. The number of rotatable bonds is 5. The van der Waals surface area contributed by atoms with Gasteiger partial charge in [-0.1, -0.05) is 0 Å². The number of benzene rings is 1. The van der Waals surface area contributed by atoms with E-state index in [1.54, 1.807) is 0 Å². The Bertz CT molecular complexity index is 577. The van der Waals surface area contributed by atoms with E-state index in [0.717, 1.165) is 0 Å². The summed E-state index contributed by atoms with van der Waals surface area (Å²) in [6.45, 7) is -0.786. The van der Waals surface area contributed by atoms with Gasteiger partial charge in [-0.25, -0.2) is 13.2 Å². The number of primary amides is 1. The van der Waals surface area contributed by atoms with Crippen molar-refractivity contribution in [1.82, 2.24) is 0 Å². The summed E-state index contributed by atoms with van der Waals surface area (Å²) in [5.74, 6) is -13.7. The van der Waals surface area contributed by atoms with Gasteiger partial charge in [-0.3, -0.25) is 4.79 Å². The van der Waals surface area contributed by atoms with Gasteiger partial charge in [0.25, 0.3) is 0 Å². The molecule has 9 heteroatoms. The lowest BCUT2D eigenvalue weighted by Crippen LogP contribution is -2.58. The molecule has 4 N–H and O–H groups in total. The van der Waals surface area contributed by atoms with E-state index in [4.69, 9.17) is 11.5 Å². The van der Waals surface area contributed by atoms with E-state index < -0.39 is 52.9 Å². The van der Waals surface area contributed by atoms with Gasteiger partial charge < -0.3 is 16.2 Å². The van der Waals surface area contributed by atoms with Crippen molar-refractivity contribution in [1.29, 1.82) is 0 Å². The molecule has 2 rings (SSSR count). The summed E-state index contributed by atoms with van der Waals surface area (Å²) in [5, 5.41) is 0. The second kappa shape index (κ2) is 5.14. The quantitative estimate of drug-likeness (QED) is 0.489. The second-order valence-electron chi connectivity index (χ2n) is 4.87. The molecule has 4 nitrogen and oxygen atoms in total. The predicted molar refractivity (Wildman–Crippen MR) is 60.6 cm³/mol. The summed E-state index contributed by atoms with van der Waals surface area (Å²) in [5.41, 5.74) is 9.07. The molecule has 0 heterocycles. The lowest BCUT2D eigenvalue weighted by molar-refractivity contribution is -0.125. The maximum atomic E-state index is 13.4. The molecule has 0 spiro atoms. The average molecular weight is 310 g/mol. The lowest BCUT2D eigenvalue weighted by atomic mass is 9.95. The van der Waals surface area contributed by atoms with E-state index in [0.29, 0.717) is 12.8 Å². The number of halogens is 5. The van der Waals surface area contributed by atoms with Crippen LogP contribution in [-0.2, 0) is 4.79 Å². The van der Waals surface area contributed by atoms with Crippen LogP contribution in [0.4, 0.5) is 22.0 Å². The third-order valence-electron chi connectivity index (χ3n) is 3.39. The fraction of sp³-hybridized carbons (Fsp3) is 0.417. The maximum Gasteiger partial charge on any atom is 0.241 e. The van der Waals surface area contributed by atoms with Gasteiger partial charge in [-0.15, -0.1) is 0 Å². The number of nitrogens with two attached hydrogens (primary N) is 2. The Morgan fingerprint density at radius 1 is 1.05 bits per heavy atom. The SMILES string of the molecule is NC(=O)C(N)(COc1c(F)c(F)c(F)c(F)c1F)C1CC1. The van der Waals surface area contributed by atoms with E-state index in [2.05, 4.69) is 4.74 Å². The minimum Gasteiger partial charge on any atom is -0.485 e. The van der Waals surface area contributed by atoms with Gasteiger partial charge >= 0.3 is 0 Å². The van der Waals surface area contributed by atoms with Crippen LogP contribution in [0.25, 0.3) is 0 Å². The van der Waals surface area contributed by atoms with Crippen molar-refractivity contribution in [2.24, 2.45) is 17.4 Å². The molecule has 1 saturated carbocycles. The monoisotopic (exact) mass is 310 g/mol. The summed E-state index contributed by atoms with van der Waals surface area (Å²) >= 11 is 0. The number of hydrogen-bond acceptors (Lipinski definition) is 3. The molecule has 1 fully saturated rings. The van der Waals surface area contributed by atoms with Gasteiger partial charge in [-0.2, -0.15) is 8.78 Å². The Kier molecular flexibility index (Phi) is 3.79. The van der Waals surface area contributed by atoms with Crippen LogP contribution in [0.1, 0.15) is 12.8 Å². The molecule has 1 unspecified atom stereocenters. The highest BCUT2D eigenvalue weighted by Gasteiger charge is 2.48. The van der Waals surface area contributed by atoms with E-state index in [1.807, 2.05) is 0 Å². The molecule has 1 aromatic carbocycles. The first kappa shape index (κ1) is 15.5. The van der Waals surface area contributed by atoms with Gasteiger partial charge in [0.2, 0.25) is 35.0 Å². The fourth-order valence-electron chi connectivity index (χ4n) is 1.89. The molecule has 0 aliphatic heterocycles. The summed E-state index contributed by atoms with van der Waals surface area (Å²) in [7, 11) is 0. The summed E-state index contributed by atoms with van der Waals surface area (Å²) in [6.07, 6.45) is 1.11. The van der Waals surface area contributed by atoms with Crippen molar-refractivity contribution in [3.8, 4) is 5.75 Å². The molecule has 21 heavy (non-hydrogen) atoms. The molecule has 1 aliphatic rings. The van der Waals surface area contributed by atoms with E-state index in [-0.39, 0.29) is 5.92 Å². The van der Waals surface area contributed by atoms with Crippen molar-refractivity contribution in [3.63, 3.8) is 0 Å². The fourth-order valence-corrected chi connectivity index (χ4v) is 1.89. The first-order valence-electron chi connectivity index (χ1n) is 5.93. The van der Waals surface area contributed by atoms with Crippen molar-refractivity contribution in [3.05, 3.63) is 29.1 Å². The molecular formula is C12H11F5N2O2. The highest BCUT2D eigenvalue weighted by atomic mass is 19.2. The van der Waals surface area contributed by atoms with Gasteiger partial charge in [-0.05, 0) is 18.8 Å². The molecule has 0 radical (unpaired) electrons. The van der Waals surface area contributed by atoms with Gasteiger partial charge in [0, 0.05) is 0 Å². The number of carbonyl (C=O) groups excluding carboxylic acids is 1. The zero-order valence-corrected chi connectivity index (χ0v) is 10.6. The Morgan fingerprint density at radius 2 is 1.48 bits per heavy atom. The van der Waals surface area contributed by atoms with Crippen LogP contribution >= 0.6 is 0 Å². The number of ether oxygens (including phenoxy) is 1. The van der Waals surface area contributed by atoms with Crippen molar-refractivity contribution < 1.29 is 31.5 Å². The first-order chi connectivity index (χ1) is 9.70. The molecule has 0 bridgehead atoms. The Labute approximate surface area is 115 Å². The van der Waals surface area contributed by atoms with E-state index in [9.17, 15) is 26.7 Å². The van der Waals surface area contributed by atoms with Crippen LogP contribution in [-0.4, -0.2) is 18.1 Å². The zero-order valence-electron chi connectivity index (χ0n) is 10.6. The second-order valence-corrected chi connectivity index (χ2v) is 4.87. The molecule has 1 aromatic rings. The van der Waals surface area contributed by atoms with Crippen molar-refractivity contribution >= 4 is 5.91 Å². The first-order valence-corrected chi connectivity index (χ1v) is 5.93. The highest BCUT2D eigenvalue weighted by Crippen LogP contribution is 2.39. The van der Waals surface area contributed by atoms with Crippen LogP contribution in [0.3, 0.4) is 0 Å². The van der Waals surface area contributed by atoms with Crippen LogP contribution in [0.5, 0.6) is 5.75 Å². The van der Waals surface area contributed by atoms with Gasteiger partial charge in [0.15, 0.2) is 5.75 Å². The topological polar surface area (TPSA) is 78.3 Å². The summed E-state index contributed by atoms with van der Waals surface area (Å²) in [4.78, 5) is 11.3. The van der Waals surface area contributed by atoms with Crippen LogP contribution in [0, 0.1) is 35.0 Å². The van der Waals surface area contributed by atoms with Crippen molar-refractivity contribution in [2.75, 3.05) is 6.61 Å². The minimum absolute atomic E-state index is 0.351. The van der Waals surface area contributed by atoms with Crippen molar-refractivity contribution in [2.45, 2.75) is 18.4 Å². The lowest BCUT2D eigenvalue weighted by Gasteiger charge is -2.26. The Hall–Kier alpha value is -1.90. The largest absolute Gasteiger partial charge is 0.485 e. The number of carbonyl (C=O) groups is 1. The highest BCUT2D eigenvalue weighted by molar-refractivity contribution is 5.85.